The number of anilines is 2. The molecule has 2 aromatic rings. The molecule has 31 heavy (non-hydrogen) atoms. The van der Waals surface area contributed by atoms with E-state index in [0.29, 0.717) is 22.5 Å². The lowest BCUT2D eigenvalue weighted by Crippen LogP contribution is -2.32. The predicted octanol–water partition coefficient (Wildman–Crippen LogP) is 3.47. The number of carbonyl (C=O) groups excluding carboxylic acids is 3. The number of nitro groups is 1. The molecule has 1 N–H and O–H groups in total. The molecule has 156 valence electrons. The summed E-state index contributed by atoms with van der Waals surface area (Å²) in [5.74, 6) is -0.957. The van der Waals surface area contributed by atoms with E-state index in [2.05, 4.69) is 5.32 Å². The second-order valence-electron chi connectivity index (χ2n) is 8.27. The average molecular weight is 417 g/mol. The molecule has 1 saturated heterocycles. The molecule has 5 rings (SSSR count). The van der Waals surface area contributed by atoms with Gasteiger partial charge in [-0.15, -0.1) is 0 Å². The van der Waals surface area contributed by atoms with Crippen LogP contribution in [0.25, 0.3) is 0 Å². The van der Waals surface area contributed by atoms with Gasteiger partial charge in [0.05, 0.1) is 22.4 Å². The zero-order chi connectivity index (χ0) is 21.9. The summed E-state index contributed by atoms with van der Waals surface area (Å²) in [6.45, 7) is 1.68. The first-order valence-corrected chi connectivity index (χ1v) is 10.1. The molecule has 1 aliphatic heterocycles. The van der Waals surface area contributed by atoms with Gasteiger partial charge in [-0.3, -0.25) is 29.4 Å². The first kappa shape index (κ1) is 19.2. The van der Waals surface area contributed by atoms with Gasteiger partial charge in [-0.2, -0.15) is 0 Å². The number of hydrogen-bond acceptors (Lipinski definition) is 5. The maximum absolute atomic E-state index is 12.9. The molecule has 0 spiro atoms. The molecule has 8 nitrogen and oxygen atoms in total. The number of fused-ring (bicyclic) bond motifs is 5. The van der Waals surface area contributed by atoms with Gasteiger partial charge in [0.2, 0.25) is 11.8 Å². The largest absolute Gasteiger partial charge is 0.322 e. The Morgan fingerprint density at radius 1 is 1.03 bits per heavy atom. The van der Waals surface area contributed by atoms with Crippen molar-refractivity contribution in [3.63, 3.8) is 0 Å². The number of non-ortho nitro benzene ring substituents is 1. The van der Waals surface area contributed by atoms with Crippen molar-refractivity contribution >= 4 is 34.8 Å². The average Bonchev–Trinajstić information content (AvgIpc) is 3.43. The summed E-state index contributed by atoms with van der Waals surface area (Å²) in [5.41, 5.74) is 1.81. The molecule has 2 aromatic carbocycles. The molecule has 4 atom stereocenters. The first-order valence-electron chi connectivity index (χ1n) is 10.1. The Balaban J connectivity index is 1.33. The highest BCUT2D eigenvalue weighted by molar-refractivity contribution is 6.23. The lowest BCUT2D eigenvalue weighted by Gasteiger charge is -2.17. The smallest absolute Gasteiger partial charge is 0.269 e. The van der Waals surface area contributed by atoms with E-state index >= 15 is 0 Å². The molecule has 2 fully saturated rings. The van der Waals surface area contributed by atoms with Crippen molar-refractivity contribution in [3.05, 3.63) is 75.9 Å². The van der Waals surface area contributed by atoms with Crippen LogP contribution in [0.5, 0.6) is 0 Å². The second kappa shape index (κ2) is 6.87. The van der Waals surface area contributed by atoms with Crippen LogP contribution < -0.4 is 10.2 Å². The van der Waals surface area contributed by atoms with E-state index in [1.54, 1.807) is 31.2 Å². The first-order chi connectivity index (χ1) is 14.8. The minimum absolute atomic E-state index is 0.0480. The van der Waals surface area contributed by atoms with Crippen LogP contribution in [0.15, 0.2) is 54.6 Å². The molecular weight excluding hydrogens is 398 g/mol. The molecule has 3 aliphatic rings. The number of benzene rings is 2. The standard InChI is InChI=1S/C23H19N3O5/c1-12-10-17(26(30)31)8-9-18(12)24-21(27)13-4-6-16(7-5-13)25-22(28)19-14-2-3-15(11-14)20(19)23(25)29/h2-10,14-15,19-20H,11H2,1H3,(H,24,27)/t14-,15+,19-,20-/m0/s1. The highest BCUT2D eigenvalue weighted by Crippen LogP contribution is 2.53. The van der Waals surface area contributed by atoms with Crippen LogP contribution in [0.4, 0.5) is 17.1 Å². The van der Waals surface area contributed by atoms with Crippen LogP contribution in [-0.2, 0) is 9.59 Å². The fraction of sp³-hybridized carbons (Fsp3) is 0.261. The van der Waals surface area contributed by atoms with Crippen molar-refractivity contribution in [2.75, 3.05) is 10.2 Å². The van der Waals surface area contributed by atoms with Crippen molar-refractivity contribution in [2.45, 2.75) is 13.3 Å². The quantitative estimate of drug-likeness (QED) is 0.355. The van der Waals surface area contributed by atoms with Crippen molar-refractivity contribution in [1.29, 1.82) is 0 Å². The number of carbonyl (C=O) groups is 3. The van der Waals surface area contributed by atoms with Crippen molar-refractivity contribution in [3.8, 4) is 0 Å². The molecular formula is C23H19N3O5. The summed E-state index contributed by atoms with van der Waals surface area (Å²) >= 11 is 0. The molecule has 0 unspecified atom stereocenters. The van der Waals surface area contributed by atoms with Crippen molar-refractivity contribution in [1.82, 2.24) is 0 Å². The summed E-state index contributed by atoms with van der Waals surface area (Å²) in [7, 11) is 0. The van der Waals surface area contributed by atoms with Crippen LogP contribution in [-0.4, -0.2) is 22.6 Å². The van der Waals surface area contributed by atoms with Gasteiger partial charge in [-0.25, -0.2) is 0 Å². The normalized spacial score (nSPS) is 25.8. The van der Waals surface area contributed by atoms with Gasteiger partial charge in [0.25, 0.3) is 11.6 Å². The minimum atomic E-state index is -0.492. The van der Waals surface area contributed by atoms with E-state index in [4.69, 9.17) is 0 Å². The van der Waals surface area contributed by atoms with E-state index in [0.717, 1.165) is 6.42 Å². The fourth-order valence-electron chi connectivity index (χ4n) is 5.01. The number of nitrogens with zero attached hydrogens (tertiary/aromatic N) is 2. The number of nitro benzene ring substituents is 1. The number of aryl methyl sites for hydroxylation is 1. The van der Waals surface area contributed by atoms with Gasteiger partial charge in [-0.1, -0.05) is 12.2 Å². The number of allylic oxidation sites excluding steroid dienone is 2. The zero-order valence-electron chi connectivity index (χ0n) is 16.6. The summed E-state index contributed by atoms with van der Waals surface area (Å²) in [4.78, 5) is 50.0. The van der Waals surface area contributed by atoms with Gasteiger partial charge >= 0.3 is 0 Å². The van der Waals surface area contributed by atoms with E-state index in [9.17, 15) is 24.5 Å². The van der Waals surface area contributed by atoms with Gasteiger partial charge in [-0.05, 0) is 61.1 Å². The Bertz CT molecular complexity index is 1140. The maximum Gasteiger partial charge on any atom is 0.269 e. The van der Waals surface area contributed by atoms with Crippen LogP contribution in [0.3, 0.4) is 0 Å². The number of rotatable bonds is 4. The molecule has 2 aliphatic carbocycles. The van der Waals surface area contributed by atoms with Crippen LogP contribution >= 0.6 is 0 Å². The third kappa shape index (κ3) is 2.94. The van der Waals surface area contributed by atoms with Crippen LogP contribution in [0.2, 0.25) is 0 Å². The number of hydrogen-bond donors (Lipinski definition) is 1. The van der Waals surface area contributed by atoms with Crippen molar-refractivity contribution < 1.29 is 19.3 Å². The van der Waals surface area contributed by atoms with E-state index in [1.165, 1.54) is 23.1 Å². The highest BCUT2D eigenvalue weighted by atomic mass is 16.6. The van der Waals surface area contributed by atoms with Crippen LogP contribution in [0, 0.1) is 40.7 Å². The summed E-state index contributed by atoms with van der Waals surface area (Å²) in [6, 6.07) is 10.5. The Morgan fingerprint density at radius 3 is 2.19 bits per heavy atom. The maximum atomic E-state index is 12.9. The SMILES string of the molecule is Cc1cc([N+](=O)[O-])ccc1NC(=O)c1ccc(N2C(=O)[C@@H]3[C@@H](C2=O)[C@H]2C=C[C@@H]3C2)cc1. The minimum Gasteiger partial charge on any atom is -0.322 e. The van der Waals surface area contributed by atoms with E-state index in [-0.39, 0.29) is 47.1 Å². The van der Waals surface area contributed by atoms with Gasteiger partial charge in [0.1, 0.15) is 0 Å². The third-order valence-electron chi connectivity index (χ3n) is 6.53. The second-order valence-corrected chi connectivity index (χ2v) is 8.27. The summed E-state index contributed by atoms with van der Waals surface area (Å²) < 4.78 is 0. The molecule has 0 radical (unpaired) electrons. The van der Waals surface area contributed by atoms with Gasteiger partial charge in [0, 0.05) is 23.4 Å². The molecule has 1 heterocycles. The Kier molecular flexibility index (Phi) is 4.25. The summed E-state index contributed by atoms with van der Waals surface area (Å²) in [6.07, 6.45) is 4.98. The molecule has 1 saturated carbocycles. The molecule has 3 amide bonds. The lowest BCUT2D eigenvalue weighted by molar-refractivity contribution is -0.384. The Hall–Kier alpha value is -3.81. The Labute approximate surface area is 177 Å². The monoisotopic (exact) mass is 417 g/mol. The van der Waals surface area contributed by atoms with Crippen molar-refractivity contribution in [2.24, 2.45) is 23.7 Å². The van der Waals surface area contributed by atoms with E-state index < -0.39 is 4.92 Å². The third-order valence-corrected chi connectivity index (χ3v) is 6.53. The fourth-order valence-corrected chi connectivity index (χ4v) is 5.01. The lowest BCUT2D eigenvalue weighted by atomic mass is 9.85. The predicted molar refractivity (Wildman–Crippen MR) is 112 cm³/mol. The number of amides is 3. The highest BCUT2D eigenvalue weighted by Gasteiger charge is 2.59. The molecule has 8 heteroatoms. The summed E-state index contributed by atoms with van der Waals surface area (Å²) in [5, 5.41) is 13.6. The number of nitrogens with one attached hydrogen (secondary N) is 1. The van der Waals surface area contributed by atoms with Gasteiger partial charge in [0.15, 0.2) is 0 Å². The zero-order valence-corrected chi connectivity index (χ0v) is 16.6. The Morgan fingerprint density at radius 2 is 1.65 bits per heavy atom. The number of imide groups is 1. The topological polar surface area (TPSA) is 110 Å². The van der Waals surface area contributed by atoms with Gasteiger partial charge < -0.3 is 5.32 Å². The van der Waals surface area contributed by atoms with E-state index in [1.807, 2.05) is 12.2 Å². The molecule has 0 aromatic heterocycles. The molecule has 2 bridgehead atoms. The van der Waals surface area contributed by atoms with Crippen LogP contribution in [0.1, 0.15) is 22.3 Å².